The molecule has 2 aliphatic rings. The first-order valence-corrected chi connectivity index (χ1v) is 11.2. The van der Waals surface area contributed by atoms with E-state index in [1.165, 1.54) is 16.7 Å². The van der Waals surface area contributed by atoms with Crippen LogP contribution in [0, 0.1) is 0 Å². The minimum absolute atomic E-state index is 0.130. The SMILES string of the molecule is O=C(CN1C(=O)C(C(=O)N2CCCCCC2)Sc2ccccc21)Nc1ccccc1. The van der Waals surface area contributed by atoms with Gasteiger partial charge >= 0.3 is 0 Å². The van der Waals surface area contributed by atoms with Gasteiger partial charge in [0.15, 0.2) is 5.25 Å². The maximum absolute atomic E-state index is 13.3. The number of para-hydroxylation sites is 2. The van der Waals surface area contributed by atoms with E-state index < -0.39 is 5.25 Å². The van der Waals surface area contributed by atoms with Gasteiger partial charge in [0.2, 0.25) is 11.8 Å². The molecule has 7 heteroatoms. The van der Waals surface area contributed by atoms with Crippen molar-refractivity contribution in [1.82, 2.24) is 4.90 Å². The minimum atomic E-state index is -0.845. The highest BCUT2D eigenvalue weighted by Gasteiger charge is 2.40. The molecule has 1 atom stereocenters. The fourth-order valence-electron chi connectivity index (χ4n) is 3.86. The monoisotopic (exact) mass is 423 g/mol. The van der Waals surface area contributed by atoms with Crippen LogP contribution >= 0.6 is 11.8 Å². The van der Waals surface area contributed by atoms with Gasteiger partial charge in [-0.1, -0.05) is 43.2 Å². The highest BCUT2D eigenvalue weighted by Crippen LogP contribution is 2.39. The second-order valence-electron chi connectivity index (χ2n) is 7.54. The molecule has 1 N–H and O–H groups in total. The molecule has 3 amide bonds. The highest BCUT2D eigenvalue weighted by molar-refractivity contribution is 8.01. The van der Waals surface area contributed by atoms with Gasteiger partial charge in [-0.2, -0.15) is 0 Å². The number of benzene rings is 2. The second kappa shape index (κ2) is 9.34. The Labute approximate surface area is 180 Å². The number of thioether (sulfide) groups is 1. The van der Waals surface area contributed by atoms with E-state index in [4.69, 9.17) is 0 Å². The van der Waals surface area contributed by atoms with Crippen LogP contribution in [0.25, 0.3) is 0 Å². The number of likely N-dealkylation sites (tertiary alicyclic amines) is 1. The molecule has 2 aromatic rings. The Balaban J connectivity index is 1.55. The van der Waals surface area contributed by atoms with Crippen molar-refractivity contribution in [1.29, 1.82) is 0 Å². The Morgan fingerprint density at radius 3 is 2.33 bits per heavy atom. The molecular weight excluding hydrogens is 398 g/mol. The molecule has 0 saturated carbocycles. The molecule has 0 aliphatic carbocycles. The number of fused-ring (bicyclic) bond motifs is 1. The average molecular weight is 424 g/mol. The maximum Gasteiger partial charge on any atom is 0.250 e. The number of nitrogens with zero attached hydrogens (tertiary/aromatic N) is 2. The summed E-state index contributed by atoms with van der Waals surface area (Å²) in [6.07, 6.45) is 4.17. The molecule has 4 rings (SSSR count). The summed E-state index contributed by atoms with van der Waals surface area (Å²) in [6.45, 7) is 1.26. The Morgan fingerprint density at radius 2 is 1.60 bits per heavy atom. The summed E-state index contributed by atoms with van der Waals surface area (Å²) in [5.74, 6) is -0.761. The van der Waals surface area contributed by atoms with Gasteiger partial charge in [-0.25, -0.2) is 0 Å². The second-order valence-corrected chi connectivity index (χ2v) is 8.69. The molecule has 1 fully saturated rings. The molecule has 30 heavy (non-hydrogen) atoms. The van der Waals surface area contributed by atoms with E-state index in [1.807, 2.05) is 47.4 Å². The van der Waals surface area contributed by atoms with Gasteiger partial charge in [0.25, 0.3) is 5.91 Å². The van der Waals surface area contributed by atoms with E-state index >= 15 is 0 Å². The average Bonchev–Trinajstić information content (AvgIpc) is 3.05. The highest BCUT2D eigenvalue weighted by atomic mass is 32.2. The third-order valence-corrected chi connectivity index (χ3v) is 6.63. The van der Waals surface area contributed by atoms with Crippen molar-refractivity contribution in [3.63, 3.8) is 0 Å². The first-order valence-electron chi connectivity index (χ1n) is 10.3. The van der Waals surface area contributed by atoms with Gasteiger partial charge in [-0.3, -0.25) is 14.4 Å². The van der Waals surface area contributed by atoms with E-state index in [-0.39, 0.29) is 24.3 Å². The number of rotatable bonds is 4. The van der Waals surface area contributed by atoms with Crippen LogP contribution < -0.4 is 10.2 Å². The molecule has 2 aliphatic heterocycles. The van der Waals surface area contributed by atoms with Crippen molar-refractivity contribution in [2.75, 3.05) is 29.9 Å². The van der Waals surface area contributed by atoms with E-state index in [0.717, 1.165) is 30.6 Å². The van der Waals surface area contributed by atoms with Crippen LogP contribution in [0.4, 0.5) is 11.4 Å². The summed E-state index contributed by atoms with van der Waals surface area (Å²) in [7, 11) is 0. The Morgan fingerprint density at radius 1 is 0.933 bits per heavy atom. The summed E-state index contributed by atoms with van der Waals surface area (Å²) in [6, 6.07) is 16.6. The summed E-state index contributed by atoms with van der Waals surface area (Å²) in [5, 5.41) is 1.98. The van der Waals surface area contributed by atoms with Crippen LogP contribution in [0.1, 0.15) is 25.7 Å². The molecule has 2 heterocycles. The molecule has 1 unspecified atom stereocenters. The molecular formula is C23H25N3O3S. The van der Waals surface area contributed by atoms with Crippen LogP contribution in [0.5, 0.6) is 0 Å². The van der Waals surface area contributed by atoms with Crippen LogP contribution in [0.3, 0.4) is 0 Å². The molecule has 1 saturated heterocycles. The number of hydrogen-bond donors (Lipinski definition) is 1. The van der Waals surface area contributed by atoms with Crippen molar-refractivity contribution in [3.8, 4) is 0 Å². The van der Waals surface area contributed by atoms with Gasteiger partial charge in [0.1, 0.15) is 6.54 Å². The normalized spacial score (nSPS) is 19.1. The lowest BCUT2D eigenvalue weighted by Gasteiger charge is -2.34. The van der Waals surface area contributed by atoms with Gasteiger partial charge in [-0.15, -0.1) is 11.8 Å². The Hall–Kier alpha value is -2.80. The zero-order valence-corrected chi connectivity index (χ0v) is 17.6. The molecule has 0 spiro atoms. The van der Waals surface area contributed by atoms with Crippen LogP contribution in [-0.4, -0.2) is 47.5 Å². The predicted molar refractivity (Wildman–Crippen MR) is 119 cm³/mol. The van der Waals surface area contributed by atoms with Gasteiger partial charge in [0.05, 0.1) is 5.69 Å². The first kappa shape index (κ1) is 20.5. The molecule has 0 aromatic heterocycles. The van der Waals surface area contributed by atoms with Gasteiger partial charge < -0.3 is 15.1 Å². The molecule has 0 radical (unpaired) electrons. The standard InChI is InChI=1S/C23H25N3O3S/c27-20(24-17-10-4-3-5-11-17)16-26-18-12-6-7-13-19(18)30-21(23(26)29)22(28)25-14-8-1-2-9-15-25/h3-7,10-13,21H,1-2,8-9,14-16H2,(H,24,27). The molecule has 2 aromatic carbocycles. The largest absolute Gasteiger partial charge is 0.341 e. The fraction of sp³-hybridized carbons (Fsp3) is 0.348. The third kappa shape index (κ3) is 4.51. The fourth-order valence-corrected chi connectivity index (χ4v) is 5.05. The van der Waals surface area contributed by atoms with Crippen molar-refractivity contribution >= 4 is 40.9 Å². The smallest absolute Gasteiger partial charge is 0.250 e. The van der Waals surface area contributed by atoms with E-state index in [2.05, 4.69) is 5.32 Å². The number of nitrogens with one attached hydrogen (secondary N) is 1. The number of carbonyl (C=O) groups is 3. The number of carbonyl (C=O) groups excluding carboxylic acids is 3. The lowest BCUT2D eigenvalue weighted by molar-refractivity contribution is -0.135. The van der Waals surface area contributed by atoms with Crippen LogP contribution in [0.2, 0.25) is 0 Å². The summed E-state index contributed by atoms with van der Waals surface area (Å²) >= 11 is 1.29. The molecule has 6 nitrogen and oxygen atoms in total. The van der Waals surface area contributed by atoms with E-state index in [1.54, 1.807) is 12.1 Å². The lowest BCUT2D eigenvalue weighted by Crippen LogP contribution is -2.51. The lowest BCUT2D eigenvalue weighted by atomic mass is 10.2. The first-order chi connectivity index (χ1) is 14.6. The zero-order valence-electron chi connectivity index (χ0n) is 16.8. The Bertz CT molecular complexity index is 926. The van der Waals surface area contributed by atoms with Crippen LogP contribution in [-0.2, 0) is 14.4 Å². The van der Waals surface area contributed by atoms with Gasteiger partial charge in [-0.05, 0) is 37.1 Å². The third-order valence-electron chi connectivity index (χ3n) is 5.39. The molecule has 156 valence electrons. The van der Waals surface area contributed by atoms with E-state index in [9.17, 15) is 14.4 Å². The van der Waals surface area contributed by atoms with Crippen molar-refractivity contribution in [2.45, 2.75) is 35.8 Å². The van der Waals surface area contributed by atoms with Crippen molar-refractivity contribution in [2.24, 2.45) is 0 Å². The number of amides is 3. The zero-order chi connectivity index (χ0) is 20.9. The number of anilines is 2. The minimum Gasteiger partial charge on any atom is -0.341 e. The van der Waals surface area contributed by atoms with Crippen molar-refractivity contribution in [3.05, 3.63) is 54.6 Å². The summed E-state index contributed by atoms with van der Waals surface area (Å²) in [4.78, 5) is 43.3. The van der Waals surface area contributed by atoms with E-state index in [0.29, 0.717) is 24.5 Å². The summed E-state index contributed by atoms with van der Waals surface area (Å²) in [5.41, 5.74) is 1.35. The quantitative estimate of drug-likeness (QED) is 0.764. The number of hydrogen-bond acceptors (Lipinski definition) is 4. The van der Waals surface area contributed by atoms with Crippen molar-refractivity contribution < 1.29 is 14.4 Å². The summed E-state index contributed by atoms with van der Waals surface area (Å²) < 4.78 is 0. The van der Waals surface area contributed by atoms with Gasteiger partial charge in [0, 0.05) is 23.7 Å². The van der Waals surface area contributed by atoms with Crippen LogP contribution in [0.15, 0.2) is 59.5 Å². The molecule has 0 bridgehead atoms. The predicted octanol–water partition coefficient (Wildman–Crippen LogP) is 3.54. The topological polar surface area (TPSA) is 69.7 Å². The Kier molecular flexibility index (Phi) is 6.38. The maximum atomic E-state index is 13.3.